The second-order valence-electron chi connectivity index (χ2n) is 5.52. The topological polar surface area (TPSA) is 102 Å². The third kappa shape index (κ3) is 5.68. The van der Waals surface area contributed by atoms with Crippen LogP contribution in [0.1, 0.15) is 15.9 Å². The molecule has 0 radical (unpaired) electrons. The van der Waals surface area contributed by atoms with Gasteiger partial charge in [0, 0.05) is 0 Å². The van der Waals surface area contributed by atoms with Crippen LogP contribution in [0.4, 0.5) is 18.9 Å². The summed E-state index contributed by atoms with van der Waals surface area (Å²) < 4.78 is 69.3. The zero-order valence-electron chi connectivity index (χ0n) is 14.7. The normalized spacial score (nSPS) is 11.8. The van der Waals surface area contributed by atoms with Gasteiger partial charge in [0.2, 0.25) is 10.0 Å². The zero-order chi connectivity index (χ0) is 21.8. The monoisotopic (exact) mass is 450 g/mol. The van der Waals surface area contributed by atoms with E-state index in [1.165, 1.54) is 12.1 Å². The van der Waals surface area contributed by atoms with Gasteiger partial charge in [-0.15, -0.1) is 0 Å². The van der Waals surface area contributed by atoms with Gasteiger partial charge >= 0.3 is 12.1 Å². The summed E-state index contributed by atoms with van der Waals surface area (Å²) in [5.41, 5.74) is -1.76. The van der Waals surface area contributed by atoms with Crippen LogP contribution in [-0.4, -0.2) is 33.9 Å². The summed E-state index contributed by atoms with van der Waals surface area (Å²) in [5.74, 6) is -2.07. The van der Waals surface area contributed by atoms with Crippen LogP contribution in [0.2, 0.25) is 5.02 Å². The highest BCUT2D eigenvalue weighted by atomic mass is 35.5. The van der Waals surface area contributed by atoms with Crippen molar-refractivity contribution in [1.29, 1.82) is 0 Å². The number of nitrogens with one attached hydrogen (secondary N) is 2. The van der Waals surface area contributed by atoms with E-state index in [0.717, 1.165) is 37.4 Å². The summed E-state index contributed by atoms with van der Waals surface area (Å²) in [6.45, 7) is -0.887. The van der Waals surface area contributed by atoms with Crippen molar-refractivity contribution >= 4 is 39.2 Å². The van der Waals surface area contributed by atoms with E-state index in [1.54, 1.807) is 0 Å². The van der Waals surface area contributed by atoms with Crippen LogP contribution in [0.25, 0.3) is 0 Å². The van der Waals surface area contributed by atoms with Gasteiger partial charge in [-0.05, 0) is 37.4 Å². The van der Waals surface area contributed by atoms with Crippen molar-refractivity contribution in [3.63, 3.8) is 0 Å². The Hall–Kier alpha value is -2.63. The van der Waals surface area contributed by atoms with E-state index in [1.807, 2.05) is 10.0 Å². The Morgan fingerprint density at radius 1 is 1.14 bits per heavy atom. The van der Waals surface area contributed by atoms with Crippen LogP contribution < -0.4 is 10.0 Å². The van der Waals surface area contributed by atoms with E-state index in [9.17, 15) is 31.2 Å². The van der Waals surface area contributed by atoms with Gasteiger partial charge in [0.05, 0.1) is 21.8 Å². The van der Waals surface area contributed by atoms with Gasteiger partial charge in [-0.1, -0.05) is 23.7 Å². The molecule has 0 spiro atoms. The molecular weight excluding hydrogens is 437 g/mol. The first-order valence-corrected chi connectivity index (χ1v) is 9.68. The maximum absolute atomic E-state index is 12.9. The van der Waals surface area contributed by atoms with Crippen molar-refractivity contribution in [3.8, 4) is 0 Å². The lowest BCUT2D eigenvalue weighted by atomic mass is 10.1. The number of anilines is 1. The van der Waals surface area contributed by atoms with E-state index in [-0.39, 0.29) is 15.5 Å². The minimum Gasteiger partial charge on any atom is -0.452 e. The first kappa shape index (κ1) is 22.7. The highest BCUT2D eigenvalue weighted by Gasteiger charge is 2.33. The maximum atomic E-state index is 12.9. The van der Waals surface area contributed by atoms with Gasteiger partial charge in [-0.2, -0.15) is 13.2 Å². The van der Waals surface area contributed by atoms with Crippen LogP contribution in [0, 0.1) is 0 Å². The number of ether oxygens (including phenoxy) is 1. The number of esters is 1. The Morgan fingerprint density at radius 3 is 2.41 bits per heavy atom. The summed E-state index contributed by atoms with van der Waals surface area (Å²) >= 11 is 5.81. The van der Waals surface area contributed by atoms with Crippen LogP contribution in [0.15, 0.2) is 47.4 Å². The van der Waals surface area contributed by atoms with E-state index in [2.05, 4.69) is 0 Å². The molecule has 29 heavy (non-hydrogen) atoms. The number of carbonyl (C=O) groups excluding carboxylic acids is 2. The molecule has 0 aliphatic heterocycles. The smallest absolute Gasteiger partial charge is 0.418 e. The summed E-state index contributed by atoms with van der Waals surface area (Å²) in [7, 11) is -2.80. The first-order chi connectivity index (χ1) is 13.5. The molecular formula is C17H14ClF3N2O5S. The number of alkyl halides is 3. The maximum Gasteiger partial charge on any atom is 0.418 e. The molecule has 0 aliphatic rings. The standard InChI is InChI=1S/C17H14ClF3N2O5S/c1-22-29(26,27)14-8-10(6-7-12(14)18)16(25)28-9-15(24)23-13-5-3-2-4-11(13)17(19,20)21/h2-8,22H,9H2,1H3,(H,23,24). The van der Waals surface area contributed by atoms with E-state index in [0.29, 0.717) is 0 Å². The SMILES string of the molecule is CNS(=O)(=O)c1cc(C(=O)OCC(=O)Nc2ccccc2C(F)(F)F)ccc1Cl. The predicted octanol–water partition coefficient (Wildman–Crippen LogP) is 3.06. The van der Waals surface area contributed by atoms with Crippen molar-refractivity contribution in [3.05, 3.63) is 58.6 Å². The second-order valence-corrected chi connectivity index (χ2v) is 7.78. The quantitative estimate of drug-likeness (QED) is 0.659. The number of rotatable bonds is 6. The second kappa shape index (κ2) is 8.80. The van der Waals surface area contributed by atoms with Crippen molar-refractivity contribution in [1.82, 2.24) is 4.72 Å². The molecule has 2 rings (SSSR count). The highest BCUT2D eigenvalue weighted by Crippen LogP contribution is 2.34. The molecule has 0 fully saturated rings. The molecule has 0 aliphatic carbocycles. The molecule has 156 valence electrons. The Kier molecular flexibility index (Phi) is 6.88. The molecule has 0 saturated carbocycles. The van der Waals surface area contributed by atoms with Crippen LogP contribution >= 0.6 is 11.6 Å². The van der Waals surface area contributed by atoms with Crippen molar-refractivity contribution in [2.24, 2.45) is 0 Å². The fourth-order valence-electron chi connectivity index (χ4n) is 2.19. The molecule has 0 aromatic heterocycles. The van der Waals surface area contributed by atoms with Crippen molar-refractivity contribution in [2.45, 2.75) is 11.1 Å². The average Bonchev–Trinajstić information content (AvgIpc) is 2.66. The minimum atomic E-state index is -4.68. The Labute approximate surface area is 168 Å². The number of hydrogen-bond donors (Lipinski definition) is 2. The number of hydrogen-bond acceptors (Lipinski definition) is 5. The third-order valence-corrected chi connectivity index (χ3v) is 5.46. The largest absolute Gasteiger partial charge is 0.452 e. The van der Waals surface area contributed by atoms with E-state index < -0.39 is 45.9 Å². The number of amides is 1. The molecule has 0 atom stereocenters. The molecule has 2 aromatic carbocycles. The average molecular weight is 451 g/mol. The number of benzene rings is 2. The number of halogens is 4. The number of carbonyl (C=O) groups is 2. The summed E-state index contributed by atoms with van der Waals surface area (Å²) in [6.07, 6.45) is -4.68. The van der Waals surface area contributed by atoms with Gasteiger partial charge in [-0.25, -0.2) is 17.9 Å². The zero-order valence-corrected chi connectivity index (χ0v) is 16.3. The van der Waals surface area contributed by atoms with Crippen LogP contribution in [-0.2, 0) is 25.7 Å². The molecule has 2 N–H and O–H groups in total. The summed E-state index contributed by atoms with van der Waals surface area (Å²) in [6, 6.07) is 7.59. The lowest BCUT2D eigenvalue weighted by Gasteiger charge is -2.13. The van der Waals surface area contributed by atoms with Gasteiger partial charge in [-0.3, -0.25) is 4.79 Å². The molecule has 2 aromatic rings. The number of para-hydroxylation sites is 1. The first-order valence-electron chi connectivity index (χ1n) is 7.82. The fraction of sp³-hybridized carbons (Fsp3) is 0.176. The molecule has 0 bridgehead atoms. The fourth-order valence-corrected chi connectivity index (χ4v) is 3.44. The Bertz CT molecular complexity index is 1040. The predicted molar refractivity (Wildman–Crippen MR) is 98.1 cm³/mol. The third-order valence-electron chi connectivity index (χ3n) is 3.57. The lowest BCUT2D eigenvalue weighted by Crippen LogP contribution is -2.23. The molecule has 0 unspecified atom stereocenters. The Balaban J connectivity index is 2.09. The lowest BCUT2D eigenvalue weighted by molar-refractivity contribution is -0.137. The van der Waals surface area contributed by atoms with Gasteiger partial charge in [0.25, 0.3) is 5.91 Å². The van der Waals surface area contributed by atoms with Crippen LogP contribution in [0.3, 0.4) is 0 Å². The van der Waals surface area contributed by atoms with E-state index in [4.69, 9.17) is 16.3 Å². The van der Waals surface area contributed by atoms with E-state index >= 15 is 0 Å². The van der Waals surface area contributed by atoms with Gasteiger partial charge < -0.3 is 10.1 Å². The van der Waals surface area contributed by atoms with Crippen LogP contribution in [0.5, 0.6) is 0 Å². The van der Waals surface area contributed by atoms with Crippen molar-refractivity contribution in [2.75, 3.05) is 19.0 Å². The molecule has 12 heteroatoms. The summed E-state index contributed by atoms with van der Waals surface area (Å²) in [4.78, 5) is 23.6. The molecule has 7 nitrogen and oxygen atoms in total. The van der Waals surface area contributed by atoms with Crippen molar-refractivity contribution < 1.29 is 35.9 Å². The molecule has 1 amide bonds. The minimum absolute atomic E-state index is 0.141. The van der Waals surface area contributed by atoms with Gasteiger partial charge in [0.1, 0.15) is 4.90 Å². The summed E-state index contributed by atoms with van der Waals surface area (Å²) in [5, 5.41) is 1.87. The highest BCUT2D eigenvalue weighted by molar-refractivity contribution is 7.89. The number of sulfonamides is 1. The molecule has 0 saturated heterocycles. The van der Waals surface area contributed by atoms with Gasteiger partial charge in [0.15, 0.2) is 6.61 Å². The molecule has 0 heterocycles. The Morgan fingerprint density at radius 2 is 1.79 bits per heavy atom.